The number of nitrogens with one attached hydrogen (secondary N) is 2. The van der Waals surface area contributed by atoms with Crippen molar-refractivity contribution in [2.24, 2.45) is 19.2 Å². The summed E-state index contributed by atoms with van der Waals surface area (Å²) in [6.45, 7) is 4.49. The average Bonchev–Trinajstić information content (AvgIpc) is 4.19. The Morgan fingerprint density at radius 1 is 0.672 bits per heavy atom. The first-order chi connectivity index (χ1) is 32.7. The van der Waals surface area contributed by atoms with Crippen LogP contribution in [0.1, 0.15) is 48.3 Å². The van der Waals surface area contributed by atoms with Crippen molar-refractivity contribution in [2.75, 3.05) is 38.4 Å². The predicted molar refractivity (Wildman–Crippen MR) is 270 cm³/mol. The molecule has 0 amide bonds. The van der Waals surface area contributed by atoms with Crippen molar-refractivity contribution in [1.82, 2.24) is 35.4 Å². The van der Waals surface area contributed by atoms with Crippen LogP contribution in [0.15, 0.2) is 132 Å². The van der Waals surface area contributed by atoms with Gasteiger partial charge in [0.1, 0.15) is 27.8 Å². The second-order valence-electron chi connectivity index (χ2n) is 17.8. The van der Waals surface area contributed by atoms with Gasteiger partial charge in [-0.15, -0.1) is 0 Å². The molecule has 12 nitrogen and oxygen atoms in total. The van der Waals surface area contributed by atoms with E-state index in [0.717, 1.165) is 101 Å². The highest BCUT2D eigenvalue weighted by Crippen LogP contribution is 2.50. The molecule has 0 bridgehead atoms. The molecule has 3 aliphatic rings. The van der Waals surface area contributed by atoms with Crippen molar-refractivity contribution in [3.05, 3.63) is 148 Å². The SMILES string of the molecule is CN/N=C1\C(=N)C(c2c3ccccc3cc3ccccc23)=C(C)C=C1N(c1cc(C2CCOC2)c(Cl)c2nn(C)nc12)c1cc(C2CCOC2)c(-c2ccc3ccccc3c2)c2nn(C)nc12. The number of fused-ring (bicyclic) bond motifs is 5. The standard InChI is InChI=1S/C54H47ClN10O2/c1-30-23-42(50(58-57-2)49(56)45(30)47-38-15-9-7-13-33(38)25-34-14-8-10-16-39(34)47)65(44-27-41(37-20-22-67-29-37)48(55)54-52(44)60-64(4)62-54)43-26-40(36-19-21-66-28-36)46(53-51(43)59-63(3)61-53)35-18-17-31-11-5-6-12-32(31)24-35/h5-18,23-27,36-37,56-57H,19-22,28-29H2,1-4H3/b56-49?,58-50-. The molecule has 13 heteroatoms. The van der Waals surface area contributed by atoms with Crippen molar-refractivity contribution in [2.45, 2.75) is 31.6 Å². The lowest BCUT2D eigenvalue weighted by Crippen LogP contribution is -2.33. The van der Waals surface area contributed by atoms with Gasteiger partial charge in [-0.2, -0.15) is 35.1 Å². The first-order valence-electron chi connectivity index (χ1n) is 22.8. The fraction of sp³-hybridized carbons (Fsp3) is 0.222. The molecular weight excluding hydrogens is 856 g/mol. The summed E-state index contributed by atoms with van der Waals surface area (Å²) in [5.41, 5.74) is 15.4. The van der Waals surface area contributed by atoms with E-state index >= 15 is 0 Å². The van der Waals surface area contributed by atoms with Gasteiger partial charge in [0.2, 0.25) is 0 Å². The maximum Gasteiger partial charge on any atom is 0.138 e. The molecule has 2 fully saturated rings. The van der Waals surface area contributed by atoms with E-state index in [1.807, 2.05) is 14.1 Å². The minimum atomic E-state index is 0.0366. The van der Waals surface area contributed by atoms with Crippen molar-refractivity contribution in [3.8, 4) is 11.1 Å². The third-order valence-electron chi connectivity index (χ3n) is 13.7. The van der Waals surface area contributed by atoms with Crippen LogP contribution < -0.4 is 10.3 Å². The molecule has 2 saturated heterocycles. The first-order valence-corrected chi connectivity index (χ1v) is 23.2. The number of rotatable bonds is 8. The molecule has 0 spiro atoms. The van der Waals surface area contributed by atoms with Gasteiger partial charge in [-0.25, -0.2) is 0 Å². The first kappa shape index (κ1) is 41.2. The molecule has 332 valence electrons. The monoisotopic (exact) mass is 902 g/mol. The fourth-order valence-electron chi connectivity index (χ4n) is 10.7. The maximum atomic E-state index is 10.4. The molecule has 4 heterocycles. The molecule has 12 rings (SSSR count). The summed E-state index contributed by atoms with van der Waals surface area (Å²) in [5.74, 6) is 0.105. The van der Waals surface area contributed by atoms with Gasteiger partial charge in [-0.3, -0.25) is 5.41 Å². The van der Waals surface area contributed by atoms with E-state index in [0.29, 0.717) is 59.4 Å². The second kappa shape index (κ2) is 16.3. The van der Waals surface area contributed by atoms with E-state index in [4.69, 9.17) is 46.6 Å². The number of aryl methyl sites for hydroxylation is 2. The van der Waals surface area contributed by atoms with Gasteiger partial charge >= 0.3 is 0 Å². The Hall–Kier alpha value is -7.25. The molecule has 7 aromatic carbocycles. The quantitative estimate of drug-likeness (QED) is 0.0875. The number of nitrogens with zero attached hydrogens (tertiary/aromatic N) is 8. The molecular formula is C54H47ClN10O2. The molecule has 9 aromatic rings. The van der Waals surface area contributed by atoms with Crippen molar-refractivity contribution in [3.63, 3.8) is 0 Å². The van der Waals surface area contributed by atoms with E-state index in [9.17, 15) is 5.41 Å². The molecule has 2 aromatic heterocycles. The van der Waals surface area contributed by atoms with Crippen LogP contribution in [0.2, 0.25) is 5.02 Å². The van der Waals surface area contributed by atoms with Crippen LogP contribution in [0, 0.1) is 5.41 Å². The van der Waals surface area contributed by atoms with E-state index in [-0.39, 0.29) is 17.5 Å². The number of hydrazone groups is 1. The van der Waals surface area contributed by atoms with Gasteiger partial charge in [-0.05, 0) is 110 Å². The number of halogens is 1. The van der Waals surface area contributed by atoms with Crippen LogP contribution in [0.5, 0.6) is 0 Å². The van der Waals surface area contributed by atoms with Gasteiger partial charge in [0.05, 0.1) is 41.0 Å². The molecule has 1 aliphatic carbocycles. The summed E-state index contributed by atoms with van der Waals surface area (Å²) >= 11 is 7.37. The van der Waals surface area contributed by atoms with E-state index < -0.39 is 0 Å². The highest BCUT2D eigenvalue weighted by atomic mass is 35.5. The number of hydrogen-bond donors (Lipinski definition) is 2. The lowest BCUT2D eigenvalue weighted by Gasteiger charge is -2.34. The van der Waals surface area contributed by atoms with Crippen molar-refractivity contribution < 1.29 is 9.47 Å². The molecule has 67 heavy (non-hydrogen) atoms. The summed E-state index contributed by atoms with van der Waals surface area (Å²) in [6.07, 6.45) is 3.82. The molecule has 0 saturated carbocycles. The number of benzene rings is 7. The molecule has 2 aliphatic heterocycles. The Bertz CT molecular complexity index is 3570. The summed E-state index contributed by atoms with van der Waals surface area (Å²) in [6, 6.07) is 38.5. The normalized spacial score (nSPS) is 18.4. The third-order valence-corrected chi connectivity index (χ3v) is 14.1. The zero-order valence-electron chi connectivity index (χ0n) is 37.6. The smallest absolute Gasteiger partial charge is 0.138 e. The fourth-order valence-corrected chi connectivity index (χ4v) is 11.0. The van der Waals surface area contributed by atoms with Crippen LogP contribution in [0.4, 0.5) is 11.4 Å². The zero-order valence-corrected chi connectivity index (χ0v) is 38.4. The average molecular weight is 903 g/mol. The summed E-state index contributed by atoms with van der Waals surface area (Å²) in [7, 11) is 5.46. The van der Waals surface area contributed by atoms with Crippen LogP contribution in [0.25, 0.3) is 71.1 Å². The summed E-state index contributed by atoms with van der Waals surface area (Å²) in [4.78, 5) is 5.41. The lowest BCUT2D eigenvalue weighted by molar-refractivity contribution is 0.194. The summed E-state index contributed by atoms with van der Waals surface area (Å²) in [5, 5.41) is 42.9. The number of aromatic nitrogens is 6. The molecule has 2 unspecified atom stereocenters. The van der Waals surface area contributed by atoms with Crippen molar-refractivity contribution >= 4 is 94.4 Å². The van der Waals surface area contributed by atoms with Gasteiger partial charge < -0.3 is 19.8 Å². The largest absolute Gasteiger partial charge is 0.381 e. The number of ether oxygens (including phenoxy) is 2. The number of anilines is 2. The Kier molecular flexibility index (Phi) is 10.0. The Morgan fingerprint density at radius 3 is 1.88 bits per heavy atom. The number of hydrogen-bond acceptors (Lipinski definition) is 10. The van der Waals surface area contributed by atoms with Gasteiger partial charge in [-0.1, -0.05) is 96.5 Å². The number of allylic oxidation sites excluding steroid dienone is 4. The molecule has 2 N–H and O–H groups in total. The Balaban J connectivity index is 1.20. The van der Waals surface area contributed by atoms with Crippen LogP contribution >= 0.6 is 11.6 Å². The third kappa shape index (κ3) is 6.72. The summed E-state index contributed by atoms with van der Waals surface area (Å²) < 4.78 is 12.1. The Labute approximate surface area is 391 Å². The topological polar surface area (TPSA) is 131 Å². The predicted octanol–water partition coefficient (Wildman–Crippen LogP) is 11.1. The van der Waals surface area contributed by atoms with E-state index in [2.05, 4.69) is 133 Å². The van der Waals surface area contributed by atoms with E-state index in [1.165, 1.54) is 0 Å². The van der Waals surface area contributed by atoms with Crippen LogP contribution in [0.3, 0.4) is 0 Å². The highest BCUT2D eigenvalue weighted by Gasteiger charge is 2.37. The Morgan fingerprint density at radius 2 is 1.24 bits per heavy atom. The van der Waals surface area contributed by atoms with Crippen molar-refractivity contribution in [1.29, 1.82) is 5.41 Å². The van der Waals surface area contributed by atoms with Crippen LogP contribution in [-0.2, 0) is 23.6 Å². The maximum absolute atomic E-state index is 10.4. The highest BCUT2D eigenvalue weighted by molar-refractivity contribution is 6.64. The van der Waals surface area contributed by atoms with Gasteiger partial charge in [0.15, 0.2) is 0 Å². The lowest BCUT2D eigenvalue weighted by atomic mass is 9.82. The molecule has 2 atom stereocenters. The second-order valence-corrected chi connectivity index (χ2v) is 18.2. The van der Waals surface area contributed by atoms with Crippen LogP contribution in [-0.4, -0.2) is 74.9 Å². The zero-order chi connectivity index (χ0) is 45.5. The minimum absolute atomic E-state index is 0.0366. The van der Waals surface area contributed by atoms with E-state index in [1.54, 1.807) is 16.6 Å². The van der Waals surface area contributed by atoms with Gasteiger partial charge in [0, 0.05) is 57.3 Å². The van der Waals surface area contributed by atoms with Gasteiger partial charge in [0.25, 0.3) is 0 Å². The molecule has 0 radical (unpaired) electrons. The minimum Gasteiger partial charge on any atom is -0.381 e.